The summed E-state index contributed by atoms with van der Waals surface area (Å²) in [5.74, 6) is -0.540. The van der Waals surface area contributed by atoms with Crippen LogP contribution < -0.4 is 9.62 Å². The lowest BCUT2D eigenvalue weighted by atomic mass is 9.87. The van der Waals surface area contributed by atoms with Crippen molar-refractivity contribution in [2.45, 2.75) is 43.4 Å². The average molecular weight is 562 g/mol. The first kappa shape index (κ1) is 27.0. The number of rotatable bonds is 6. The number of hydrogen-bond acceptors (Lipinski definition) is 5. The lowest BCUT2D eigenvalue weighted by Crippen LogP contribution is -2.41. The number of carbonyl (C=O) groups is 1. The second kappa shape index (κ2) is 9.88. The van der Waals surface area contributed by atoms with Crippen LogP contribution in [-0.4, -0.2) is 30.0 Å². The fourth-order valence-electron chi connectivity index (χ4n) is 4.76. The molecule has 0 spiro atoms. The van der Waals surface area contributed by atoms with Crippen molar-refractivity contribution < 1.29 is 18.3 Å². The molecule has 0 bridgehead atoms. The lowest BCUT2D eigenvalue weighted by molar-refractivity contribution is -0.132. The van der Waals surface area contributed by atoms with E-state index in [1.54, 1.807) is 51.4 Å². The summed E-state index contributed by atoms with van der Waals surface area (Å²) in [5, 5.41) is 12.3. The molecule has 5 rings (SSSR count). The summed E-state index contributed by atoms with van der Waals surface area (Å²) < 4.78 is 28.1. The number of sulfonamides is 1. The molecule has 0 saturated carbocycles. The maximum absolute atomic E-state index is 13.9. The monoisotopic (exact) mass is 561 g/mol. The lowest BCUT2D eigenvalue weighted by Gasteiger charge is -2.24. The third kappa shape index (κ3) is 5.21. The van der Waals surface area contributed by atoms with Crippen molar-refractivity contribution in [2.75, 3.05) is 4.90 Å². The third-order valence-corrected chi connectivity index (χ3v) is 8.54. The van der Waals surface area contributed by atoms with Gasteiger partial charge in [-0.05, 0) is 79.4 Å². The van der Waals surface area contributed by atoms with Gasteiger partial charge in [-0.3, -0.25) is 9.78 Å². The van der Waals surface area contributed by atoms with E-state index in [2.05, 4.69) is 9.71 Å². The Bertz CT molecular complexity index is 1630. The highest BCUT2D eigenvalue weighted by Crippen LogP contribution is 2.46. The molecule has 4 aromatic rings. The molecule has 200 valence electrons. The molecule has 0 aliphatic carbocycles. The molecule has 0 saturated heterocycles. The Morgan fingerprint density at radius 2 is 1.54 bits per heavy atom. The molecule has 1 aromatic heterocycles. The Labute approximate surface area is 233 Å². The summed E-state index contributed by atoms with van der Waals surface area (Å²) in [7, 11) is -3.78. The molecular formula is C30H28ClN3O4S. The molecule has 1 atom stereocenters. The Hall–Kier alpha value is -3.56. The van der Waals surface area contributed by atoms with Crippen molar-refractivity contribution in [3.05, 3.63) is 113 Å². The van der Waals surface area contributed by atoms with Gasteiger partial charge >= 0.3 is 0 Å². The summed E-state index contributed by atoms with van der Waals surface area (Å²) >= 11 is 6.29. The second-order valence-electron chi connectivity index (χ2n) is 10.6. The largest absolute Gasteiger partial charge is 0.372 e. The number of hydrogen-bond donors (Lipinski definition) is 2. The van der Waals surface area contributed by atoms with E-state index in [0.29, 0.717) is 16.3 Å². The molecular weight excluding hydrogens is 534 g/mol. The first-order valence-electron chi connectivity index (χ1n) is 12.4. The van der Waals surface area contributed by atoms with Gasteiger partial charge in [0, 0.05) is 28.5 Å². The van der Waals surface area contributed by atoms with Crippen LogP contribution in [0.1, 0.15) is 37.5 Å². The van der Waals surface area contributed by atoms with Crippen molar-refractivity contribution in [2.24, 2.45) is 0 Å². The van der Waals surface area contributed by atoms with E-state index in [0.717, 1.165) is 16.7 Å². The predicted octanol–water partition coefficient (Wildman–Crippen LogP) is 5.26. The van der Waals surface area contributed by atoms with Crippen molar-refractivity contribution >= 4 is 33.2 Å². The number of aromatic nitrogens is 1. The van der Waals surface area contributed by atoms with E-state index in [1.807, 2.05) is 36.4 Å². The number of amides is 1. The summed E-state index contributed by atoms with van der Waals surface area (Å²) in [6.45, 7) is 5.47. The highest BCUT2D eigenvalue weighted by atomic mass is 35.5. The number of nitrogens with zero attached hydrogens (tertiary/aromatic N) is 2. The summed E-state index contributed by atoms with van der Waals surface area (Å²) in [5.41, 5.74) is 1.40. The van der Waals surface area contributed by atoms with Crippen molar-refractivity contribution in [1.82, 2.24) is 9.71 Å². The van der Waals surface area contributed by atoms with E-state index >= 15 is 0 Å². The SMILES string of the molecule is CC(C)(C)NS(=O)(=O)c1ccc(C2(O)C(=O)N(Cc3ccc(-c4ccncc4)cc3)c3cc(Cl)ccc32)cc1. The number of anilines is 1. The number of nitrogens with one attached hydrogen (secondary N) is 1. The fourth-order valence-corrected chi connectivity index (χ4v) is 6.34. The quantitative estimate of drug-likeness (QED) is 0.334. The molecule has 3 aromatic carbocycles. The Balaban J connectivity index is 1.48. The number of halogens is 1. The van der Waals surface area contributed by atoms with E-state index in [4.69, 9.17) is 11.6 Å². The van der Waals surface area contributed by atoms with Crippen LogP contribution in [0, 0.1) is 0 Å². The molecule has 2 heterocycles. The number of fused-ring (bicyclic) bond motifs is 1. The molecule has 9 heteroatoms. The summed E-state index contributed by atoms with van der Waals surface area (Å²) in [6, 6.07) is 22.3. The zero-order valence-corrected chi connectivity index (χ0v) is 23.3. The van der Waals surface area contributed by atoms with E-state index in [9.17, 15) is 18.3 Å². The van der Waals surface area contributed by atoms with Gasteiger partial charge in [-0.25, -0.2) is 13.1 Å². The number of pyridine rings is 1. The number of aliphatic hydroxyl groups is 1. The van der Waals surface area contributed by atoms with Gasteiger partial charge in [-0.1, -0.05) is 54.1 Å². The van der Waals surface area contributed by atoms with Gasteiger partial charge in [0.25, 0.3) is 5.91 Å². The molecule has 0 radical (unpaired) electrons. The second-order valence-corrected chi connectivity index (χ2v) is 12.7. The van der Waals surface area contributed by atoms with Crippen molar-refractivity contribution in [1.29, 1.82) is 0 Å². The predicted molar refractivity (Wildman–Crippen MR) is 152 cm³/mol. The van der Waals surface area contributed by atoms with E-state index < -0.39 is 27.1 Å². The van der Waals surface area contributed by atoms with Crippen LogP contribution in [0.3, 0.4) is 0 Å². The zero-order valence-electron chi connectivity index (χ0n) is 21.7. The van der Waals surface area contributed by atoms with Crippen LogP contribution in [0.15, 0.2) is 96.2 Å². The zero-order chi connectivity index (χ0) is 28.0. The Morgan fingerprint density at radius 1 is 0.923 bits per heavy atom. The maximum Gasteiger partial charge on any atom is 0.268 e. The van der Waals surface area contributed by atoms with Crippen LogP contribution in [0.25, 0.3) is 11.1 Å². The van der Waals surface area contributed by atoms with Gasteiger partial charge in [-0.15, -0.1) is 0 Å². The number of benzene rings is 3. The standard InChI is InChI=1S/C30H28ClN3O4S/c1-29(2,3)33-39(37,38)25-11-8-23(9-12-25)30(36)26-13-10-24(31)18-27(26)34(28(30)35)19-20-4-6-21(7-5-20)22-14-16-32-17-15-22/h4-18,33,36H,19H2,1-3H3. The molecule has 1 aliphatic heterocycles. The van der Waals surface area contributed by atoms with Gasteiger partial charge in [0.2, 0.25) is 10.0 Å². The Morgan fingerprint density at radius 3 is 2.15 bits per heavy atom. The third-order valence-electron chi connectivity index (χ3n) is 6.53. The van der Waals surface area contributed by atoms with E-state index in [1.165, 1.54) is 29.2 Å². The van der Waals surface area contributed by atoms with Gasteiger partial charge in [0.05, 0.1) is 17.1 Å². The van der Waals surface area contributed by atoms with Crippen LogP contribution in [-0.2, 0) is 27.0 Å². The Kier molecular flexibility index (Phi) is 6.84. The van der Waals surface area contributed by atoms with Crippen LogP contribution >= 0.6 is 11.6 Å². The molecule has 1 aliphatic rings. The van der Waals surface area contributed by atoms with Gasteiger partial charge in [0.15, 0.2) is 5.60 Å². The van der Waals surface area contributed by atoms with Gasteiger partial charge in [-0.2, -0.15) is 0 Å². The van der Waals surface area contributed by atoms with Crippen LogP contribution in [0.2, 0.25) is 5.02 Å². The summed E-state index contributed by atoms with van der Waals surface area (Å²) in [6.07, 6.45) is 3.47. The fraction of sp³-hybridized carbons (Fsp3) is 0.200. The molecule has 1 amide bonds. The highest BCUT2D eigenvalue weighted by Gasteiger charge is 2.51. The molecule has 7 nitrogen and oxygen atoms in total. The maximum atomic E-state index is 13.9. The average Bonchev–Trinajstić information content (AvgIpc) is 3.10. The van der Waals surface area contributed by atoms with Crippen LogP contribution in [0.5, 0.6) is 0 Å². The smallest absolute Gasteiger partial charge is 0.268 e. The minimum Gasteiger partial charge on any atom is -0.372 e. The molecule has 39 heavy (non-hydrogen) atoms. The molecule has 2 N–H and O–H groups in total. The molecule has 1 unspecified atom stereocenters. The van der Waals surface area contributed by atoms with Crippen LogP contribution in [0.4, 0.5) is 5.69 Å². The van der Waals surface area contributed by atoms with Gasteiger partial charge < -0.3 is 10.0 Å². The number of carbonyl (C=O) groups excluding carboxylic acids is 1. The van der Waals surface area contributed by atoms with Gasteiger partial charge in [0.1, 0.15) is 0 Å². The minimum atomic E-state index is -3.78. The normalized spacial score (nSPS) is 17.4. The van der Waals surface area contributed by atoms with Crippen molar-refractivity contribution in [3.63, 3.8) is 0 Å². The first-order valence-corrected chi connectivity index (χ1v) is 14.2. The topological polar surface area (TPSA) is 99.6 Å². The first-order chi connectivity index (χ1) is 18.4. The van der Waals surface area contributed by atoms with Crippen molar-refractivity contribution in [3.8, 4) is 11.1 Å². The summed E-state index contributed by atoms with van der Waals surface area (Å²) in [4.78, 5) is 19.5. The highest BCUT2D eigenvalue weighted by molar-refractivity contribution is 7.89. The minimum absolute atomic E-state index is 0.0395. The van der Waals surface area contributed by atoms with E-state index in [-0.39, 0.29) is 17.0 Å². The molecule has 0 fully saturated rings.